The molecule has 0 aliphatic carbocycles. The van der Waals surface area contributed by atoms with Crippen LogP contribution >= 0.6 is 11.6 Å². The molecule has 1 aromatic heterocycles. The van der Waals surface area contributed by atoms with E-state index in [2.05, 4.69) is 20.7 Å². The lowest BCUT2D eigenvalue weighted by molar-refractivity contribution is -0.111. The van der Waals surface area contributed by atoms with Gasteiger partial charge in [0.15, 0.2) is 0 Å². The molecule has 0 unspecified atom stereocenters. The highest BCUT2D eigenvalue weighted by Gasteiger charge is 2.23. The van der Waals surface area contributed by atoms with E-state index in [1.807, 2.05) is 67.6 Å². The van der Waals surface area contributed by atoms with Crippen LogP contribution in [0, 0.1) is 0 Å². The van der Waals surface area contributed by atoms with Gasteiger partial charge in [0.05, 0.1) is 0 Å². The second-order valence-electron chi connectivity index (χ2n) is 6.41. The van der Waals surface area contributed by atoms with Crippen molar-refractivity contribution in [1.82, 2.24) is 14.8 Å². The quantitative estimate of drug-likeness (QED) is 0.642. The van der Waals surface area contributed by atoms with Gasteiger partial charge in [-0.15, -0.1) is 5.10 Å². The van der Waals surface area contributed by atoms with Crippen molar-refractivity contribution in [3.63, 3.8) is 0 Å². The standard InChI is InChI=1S/C21H18ClN5O/c1-14-13-18(16-8-10-17(22)11-9-16)27-21(23-14)25-20(26-27)24-19(28)12-7-15-5-3-2-4-6-15/h2-13,18H,1H3,(H2,23,24,25,26,28)/b12-7+/t18-/m0/s1. The zero-order chi connectivity index (χ0) is 19.5. The van der Waals surface area contributed by atoms with Crippen LogP contribution in [0.2, 0.25) is 5.02 Å². The molecule has 0 saturated heterocycles. The number of nitrogens with one attached hydrogen (secondary N) is 2. The highest BCUT2D eigenvalue weighted by atomic mass is 35.5. The number of aromatic nitrogens is 3. The molecule has 28 heavy (non-hydrogen) atoms. The lowest BCUT2D eigenvalue weighted by atomic mass is 10.1. The predicted octanol–water partition coefficient (Wildman–Crippen LogP) is 4.50. The molecule has 1 amide bonds. The van der Waals surface area contributed by atoms with Gasteiger partial charge in [0.1, 0.15) is 6.04 Å². The Bertz CT molecular complexity index is 1050. The highest BCUT2D eigenvalue weighted by Crippen LogP contribution is 2.30. The molecule has 0 bridgehead atoms. The fourth-order valence-corrected chi connectivity index (χ4v) is 3.09. The van der Waals surface area contributed by atoms with Crippen LogP contribution in [0.4, 0.5) is 11.9 Å². The van der Waals surface area contributed by atoms with Crippen molar-refractivity contribution >= 4 is 35.5 Å². The summed E-state index contributed by atoms with van der Waals surface area (Å²) in [5.41, 5.74) is 2.93. The maximum atomic E-state index is 12.2. The molecule has 2 heterocycles. The number of carbonyl (C=O) groups excluding carboxylic acids is 1. The predicted molar refractivity (Wildman–Crippen MR) is 111 cm³/mol. The fourth-order valence-electron chi connectivity index (χ4n) is 2.97. The number of halogens is 1. The van der Waals surface area contributed by atoms with Crippen molar-refractivity contribution in [3.8, 4) is 0 Å². The van der Waals surface area contributed by atoms with Crippen molar-refractivity contribution in [1.29, 1.82) is 0 Å². The molecule has 1 aliphatic rings. The first kappa shape index (κ1) is 18.0. The minimum atomic E-state index is -0.292. The minimum Gasteiger partial charge on any atom is -0.329 e. The van der Waals surface area contributed by atoms with Crippen molar-refractivity contribution in [2.24, 2.45) is 0 Å². The smallest absolute Gasteiger partial charge is 0.250 e. The zero-order valence-electron chi connectivity index (χ0n) is 15.1. The molecule has 3 aromatic rings. The van der Waals surface area contributed by atoms with Crippen molar-refractivity contribution in [2.45, 2.75) is 13.0 Å². The first-order valence-electron chi connectivity index (χ1n) is 8.80. The topological polar surface area (TPSA) is 71.8 Å². The van der Waals surface area contributed by atoms with Gasteiger partial charge in [-0.3, -0.25) is 10.1 Å². The number of nitrogens with zero attached hydrogens (tertiary/aromatic N) is 3. The lowest BCUT2D eigenvalue weighted by Crippen LogP contribution is -2.19. The van der Waals surface area contributed by atoms with Crippen LogP contribution in [-0.2, 0) is 4.79 Å². The van der Waals surface area contributed by atoms with E-state index in [1.165, 1.54) is 6.08 Å². The summed E-state index contributed by atoms with van der Waals surface area (Å²) in [6, 6.07) is 17.1. The average molecular weight is 392 g/mol. The van der Waals surface area contributed by atoms with Crippen LogP contribution in [0.5, 0.6) is 0 Å². The van der Waals surface area contributed by atoms with Crippen LogP contribution in [0.25, 0.3) is 6.08 Å². The number of allylic oxidation sites excluding steroid dienone is 2. The molecular weight excluding hydrogens is 374 g/mol. The third-order valence-electron chi connectivity index (χ3n) is 4.28. The summed E-state index contributed by atoms with van der Waals surface area (Å²) in [4.78, 5) is 16.6. The summed E-state index contributed by atoms with van der Waals surface area (Å²) in [6.45, 7) is 1.96. The van der Waals surface area contributed by atoms with Gasteiger partial charge in [-0.2, -0.15) is 4.98 Å². The Morgan fingerprint density at radius 3 is 2.68 bits per heavy atom. The van der Waals surface area contributed by atoms with Gasteiger partial charge in [0.2, 0.25) is 5.95 Å². The molecular formula is C21H18ClN5O. The average Bonchev–Trinajstić information content (AvgIpc) is 3.09. The largest absolute Gasteiger partial charge is 0.329 e. The summed E-state index contributed by atoms with van der Waals surface area (Å²) >= 11 is 6.00. The highest BCUT2D eigenvalue weighted by molar-refractivity contribution is 6.30. The number of fused-ring (bicyclic) bond motifs is 1. The molecule has 7 heteroatoms. The number of carbonyl (C=O) groups is 1. The van der Waals surface area contributed by atoms with E-state index in [1.54, 1.807) is 10.8 Å². The van der Waals surface area contributed by atoms with Gasteiger partial charge in [-0.1, -0.05) is 54.1 Å². The van der Waals surface area contributed by atoms with Crippen molar-refractivity contribution < 1.29 is 4.79 Å². The van der Waals surface area contributed by atoms with Crippen molar-refractivity contribution in [2.75, 3.05) is 10.6 Å². The number of anilines is 2. The molecule has 6 nitrogen and oxygen atoms in total. The molecule has 0 radical (unpaired) electrons. The number of benzene rings is 2. The van der Waals surface area contributed by atoms with Gasteiger partial charge in [-0.05, 0) is 42.3 Å². The Hall–Kier alpha value is -3.38. The molecule has 2 N–H and O–H groups in total. The van der Waals surface area contributed by atoms with Crippen LogP contribution in [0.15, 0.2) is 72.4 Å². The molecule has 2 aromatic carbocycles. The lowest BCUT2D eigenvalue weighted by Gasteiger charge is -2.22. The summed E-state index contributed by atoms with van der Waals surface area (Å²) in [7, 11) is 0. The van der Waals surface area contributed by atoms with Gasteiger partial charge >= 0.3 is 0 Å². The number of hydrogen-bond acceptors (Lipinski definition) is 4. The SMILES string of the molecule is CC1=C[C@@H](c2ccc(Cl)cc2)n2nc(NC(=O)/C=C/c3ccccc3)nc2N1. The molecule has 1 aliphatic heterocycles. The molecule has 1 atom stereocenters. The Kier molecular flexibility index (Phi) is 4.95. The first-order valence-corrected chi connectivity index (χ1v) is 9.18. The van der Waals surface area contributed by atoms with E-state index >= 15 is 0 Å². The van der Waals surface area contributed by atoms with Crippen LogP contribution in [-0.4, -0.2) is 20.7 Å². The van der Waals surface area contributed by atoms with E-state index < -0.39 is 0 Å². The van der Waals surface area contributed by atoms with Crippen molar-refractivity contribution in [3.05, 3.63) is 88.6 Å². The molecule has 140 valence electrons. The molecule has 0 spiro atoms. The Morgan fingerprint density at radius 1 is 1.18 bits per heavy atom. The first-order chi connectivity index (χ1) is 13.6. The third kappa shape index (κ3) is 3.97. The summed E-state index contributed by atoms with van der Waals surface area (Å²) in [5, 5.41) is 11.0. The van der Waals surface area contributed by atoms with E-state index in [9.17, 15) is 4.79 Å². The number of rotatable bonds is 4. The van der Waals surface area contributed by atoms with Crippen LogP contribution in [0.1, 0.15) is 24.1 Å². The zero-order valence-corrected chi connectivity index (χ0v) is 15.9. The second kappa shape index (κ2) is 7.70. The van der Waals surface area contributed by atoms with E-state index in [-0.39, 0.29) is 17.9 Å². The van der Waals surface area contributed by atoms with Crippen LogP contribution < -0.4 is 10.6 Å². The molecule has 0 saturated carbocycles. The second-order valence-corrected chi connectivity index (χ2v) is 6.84. The fraction of sp³-hybridized carbons (Fsp3) is 0.0952. The Labute approximate surface area is 167 Å². The van der Waals surface area contributed by atoms with E-state index in [0.717, 1.165) is 16.8 Å². The number of amides is 1. The normalized spacial score (nSPS) is 15.6. The monoisotopic (exact) mass is 391 g/mol. The minimum absolute atomic E-state index is 0.133. The summed E-state index contributed by atoms with van der Waals surface area (Å²) in [5.74, 6) is 0.522. The molecule has 0 fully saturated rings. The maximum Gasteiger partial charge on any atom is 0.250 e. The van der Waals surface area contributed by atoms with E-state index in [4.69, 9.17) is 11.6 Å². The maximum absolute atomic E-state index is 12.2. The molecule has 4 rings (SSSR count). The number of hydrogen-bond donors (Lipinski definition) is 2. The third-order valence-corrected chi connectivity index (χ3v) is 4.54. The van der Waals surface area contributed by atoms with Gasteiger partial charge in [0.25, 0.3) is 11.9 Å². The Balaban J connectivity index is 1.54. The Morgan fingerprint density at radius 2 is 1.93 bits per heavy atom. The van der Waals surface area contributed by atoms with E-state index in [0.29, 0.717) is 11.0 Å². The van der Waals surface area contributed by atoms with Gasteiger partial charge in [0, 0.05) is 16.8 Å². The van der Waals surface area contributed by atoms with Crippen LogP contribution in [0.3, 0.4) is 0 Å². The summed E-state index contributed by atoms with van der Waals surface area (Å²) in [6.07, 6.45) is 5.25. The van der Waals surface area contributed by atoms with Gasteiger partial charge < -0.3 is 5.32 Å². The van der Waals surface area contributed by atoms with Gasteiger partial charge in [-0.25, -0.2) is 4.68 Å². The summed E-state index contributed by atoms with van der Waals surface area (Å²) < 4.78 is 1.74.